The minimum absolute atomic E-state index is 0.276. The zero-order chi connectivity index (χ0) is 14.5. The van der Waals surface area contributed by atoms with E-state index in [2.05, 4.69) is 21.2 Å². The van der Waals surface area contributed by atoms with Crippen LogP contribution in [0.4, 0.5) is 10.1 Å². The summed E-state index contributed by atoms with van der Waals surface area (Å²) in [6.07, 6.45) is 0. The molecular weight excluding hydrogens is 325 g/mol. The number of halogens is 2. The predicted octanol–water partition coefficient (Wildman–Crippen LogP) is 4.22. The smallest absolute Gasteiger partial charge is 0.165 e. The van der Waals surface area contributed by atoms with Gasteiger partial charge in [0.2, 0.25) is 0 Å². The van der Waals surface area contributed by atoms with Crippen LogP contribution in [0.3, 0.4) is 0 Å². The standard InChI is InChI=1S/C15H15BrFNO2/c1-19-14-5-3-4-10(15(14)20-2)9-18-13-7-6-11(17)8-12(13)16/h3-8,18H,9H2,1-2H3. The third-order valence-corrected chi connectivity index (χ3v) is 3.54. The Hall–Kier alpha value is -1.75. The lowest BCUT2D eigenvalue weighted by Crippen LogP contribution is -2.03. The first-order chi connectivity index (χ1) is 9.65. The highest BCUT2D eigenvalue weighted by Crippen LogP contribution is 2.32. The Morgan fingerprint density at radius 3 is 2.60 bits per heavy atom. The summed E-state index contributed by atoms with van der Waals surface area (Å²) in [5.74, 6) is 1.10. The van der Waals surface area contributed by atoms with E-state index in [4.69, 9.17) is 9.47 Å². The fourth-order valence-electron chi connectivity index (χ4n) is 1.92. The number of anilines is 1. The molecule has 5 heteroatoms. The molecule has 1 N–H and O–H groups in total. The molecule has 0 radical (unpaired) electrons. The molecular formula is C15H15BrFNO2. The summed E-state index contributed by atoms with van der Waals surface area (Å²) in [7, 11) is 3.21. The maximum Gasteiger partial charge on any atom is 0.165 e. The molecule has 0 amide bonds. The van der Waals surface area contributed by atoms with Gasteiger partial charge < -0.3 is 14.8 Å². The Bertz CT molecular complexity index is 604. The van der Waals surface area contributed by atoms with E-state index in [1.54, 1.807) is 20.3 Å². The molecule has 0 aromatic heterocycles. The number of ether oxygens (including phenoxy) is 2. The minimum Gasteiger partial charge on any atom is -0.493 e. The third-order valence-electron chi connectivity index (χ3n) is 2.88. The van der Waals surface area contributed by atoms with Gasteiger partial charge in [-0.1, -0.05) is 12.1 Å². The Morgan fingerprint density at radius 1 is 1.15 bits per heavy atom. The monoisotopic (exact) mass is 339 g/mol. The summed E-state index contributed by atoms with van der Waals surface area (Å²) in [4.78, 5) is 0. The van der Waals surface area contributed by atoms with Crippen LogP contribution in [0, 0.1) is 5.82 Å². The highest BCUT2D eigenvalue weighted by atomic mass is 79.9. The maximum atomic E-state index is 13.0. The molecule has 0 saturated heterocycles. The van der Waals surface area contributed by atoms with Crippen LogP contribution < -0.4 is 14.8 Å². The van der Waals surface area contributed by atoms with E-state index in [0.717, 1.165) is 11.3 Å². The van der Waals surface area contributed by atoms with Crippen molar-refractivity contribution in [3.63, 3.8) is 0 Å². The van der Waals surface area contributed by atoms with Gasteiger partial charge in [-0.25, -0.2) is 4.39 Å². The number of hydrogen-bond acceptors (Lipinski definition) is 3. The highest BCUT2D eigenvalue weighted by Gasteiger charge is 2.09. The lowest BCUT2D eigenvalue weighted by molar-refractivity contribution is 0.352. The lowest BCUT2D eigenvalue weighted by Gasteiger charge is -2.14. The van der Waals surface area contributed by atoms with Crippen LogP contribution in [0.1, 0.15) is 5.56 Å². The molecule has 0 heterocycles. The Balaban J connectivity index is 2.18. The van der Waals surface area contributed by atoms with Crippen LogP contribution in [0.25, 0.3) is 0 Å². The van der Waals surface area contributed by atoms with Crippen molar-refractivity contribution in [2.45, 2.75) is 6.54 Å². The van der Waals surface area contributed by atoms with Crippen molar-refractivity contribution in [1.29, 1.82) is 0 Å². The molecule has 0 saturated carbocycles. The van der Waals surface area contributed by atoms with Crippen molar-refractivity contribution < 1.29 is 13.9 Å². The van der Waals surface area contributed by atoms with Gasteiger partial charge in [-0.2, -0.15) is 0 Å². The number of methoxy groups -OCH3 is 2. The Kier molecular flexibility index (Phi) is 4.84. The number of para-hydroxylation sites is 1. The SMILES string of the molecule is COc1cccc(CNc2ccc(F)cc2Br)c1OC. The largest absolute Gasteiger partial charge is 0.493 e. The molecule has 2 rings (SSSR count). The normalized spacial score (nSPS) is 10.2. The third kappa shape index (κ3) is 3.22. The first-order valence-electron chi connectivity index (χ1n) is 6.04. The number of benzene rings is 2. The van der Waals surface area contributed by atoms with E-state index in [1.807, 2.05) is 18.2 Å². The fraction of sp³-hybridized carbons (Fsp3) is 0.200. The van der Waals surface area contributed by atoms with E-state index in [9.17, 15) is 4.39 Å². The zero-order valence-electron chi connectivity index (χ0n) is 11.2. The second kappa shape index (κ2) is 6.61. The van der Waals surface area contributed by atoms with Gasteiger partial charge in [-0.3, -0.25) is 0 Å². The van der Waals surface area contributed by atoms with Crippen molar-refractivity contribution in [1.82, 2.24) is 0 Å². The van der Waals surface area contributed by atoms with Crippen LogP contribution in [0.15, 0.2) is 40.9 Å². The maximum absolute atomic E-state index is 13.0. The van der Waals surface area contributed by atoms with Gasteiger partial charge >= 0.3 is 0 Å². The van der Waals surface area contributed by atoms with Gasteiger partial charge in [0.25, 0.3) is 0 Å². The number of rotatable bonds is 5. The second-order valence-electron chi connectivity index (χ2n) is 4.13. The predicted molar refractivity (Wildman–Crippen MR) is 81.0 cm³/mol. The van der Waals surface area contributed by atoms with E-state index in [0.29, 0.717) is 22.5 Å². The van der Waals surface area contributed by atoms with Crippen molar-refractivity contribution in [2.24, 2.45) is 0 Å². The zero-order valence-corrected chi connectivity index (χ0v) is 12.8. The number of nitrogens with one attached hydrogen (secondary N) is 1. The fourth-order valence-corrected chi connectivity index (χ4v) is 2.41. The molecule has 2 aromatic carbocycles. The molecule has 2 aromatic rings. The Labute approximate surface area is 125 Å². The molecule has 0 aliphatic rings. The van der Waals surface area contributed by atoms with Crippen LogP contribution in [-0.2, 0) is 6.54 Å². The molecule has 0 aliphatic heterocycles. The quantitative estimate of drug-likeness (QED) is 0.884. The summed E-state index contributed by atoms with van der Waals surface area (Å²) in [5.41, 5.74) is 1.78. The van der Waals surface area contributed by atoms with Gasteiger partial charge in [0.1, 0.15) is 5.82 Å². The van der Waals surface area contributed by atoms with Crippen LogP contribution >= 0.6 is 15.9 Å². The second-order valence-corrected chi connectivity index (χ2v) is 4.98. The minimum atomic E-state index is -0.276. The van der Waals surface area contributed by atoms with Crippen LogP contribution in [0.2, 0.25) is 0 Å². The molecule has 0 fully saturated rings. The molecule has 0 bridgehead atoms. The van der Waals surface area contributed by atoms with Crippen molar-refractivity contribution in [3.8, 4) is 11.5 Å². The summed E-state index contributed by atoms with van der Waals surface area (Å²) in [6, 6.07) is 10.2. The Morgan fingerprint density at radius 2 is 1.95 bits per heavy atom. The molecule has 106 valence electrons. The average Bonchev–Trinajstić information content (AvgIpc) is 2.45. The van der Waals surface area contributed by atoms with Gasteiger partial charge in [0, 0.05) is 22.3 Å². The van der Waals surface area contributed by atoms with Gasteiger partial charge in [0.15, 0.2) is 11.5 Å². The average molecular weight is 340 g/mol. The summed E-state index contributed by atoms with van der Waals surface area (Å²) < 4.78 is 24.3. The van der Waals surface area contributed by atoms with Crippen molar-refractivity contribution >= 4 is 21.6 Å². The highest BCUT2D eigenvalue weighted by molar-refractivity contribution is 9.10. The number of hydrogen-bond donors (Lipinski definition) is 1. The van der Waals surface area contributed by atoms with Gasteiger partial charge in [-0.15, -0.1) is 0 Å². The van der Waals surface area contributed by atoms with Gasteiger partial charge in [-0.05, 0) is 40.2 Å². The molecule has 0 aliphatic carbocycles. The molecule has 20 heavy (non-hydrogen) atoms. The van der Waals surface area contributed by atoms with E-state index in [-0.39, 0.29) is 5.82 Å². The molecule has 0 atom stereocenters. The van der Waals surface area contributed by atoms with Crippen molar-refractivity contribution in [3.05, 3.63) is 52.3 Å². The molecule has 0 spiro atoms. The van der Waals surface area contributed by atoms with Gasteiger partial charge in [0.05, 0.1) is 14.2 Å². The van der Waals surface area contributed by atoms with E-state index >= 15 is 0 Å². The molecule has 3 nitrogen and oxygen atoms in total. The van der Waals surface area contributed by atoms with E-state index < -0.39 is 0 Å². The first kappa shape index (κ1) is 14.7. The first-order valence-corrected chi connectivity index (χ1v) is 6.83. The van der Waals surface area contributed by atoms with Crippen LogP contribution in [-0.4, -0.2) is 14.2 Å². The van der Waals surface area contributed by atoms with Crippen LogP contribution in [0.5, 0.6) is 11.5 Å². The lowest BCUT2D eigenvalue weighted by atomic mass is 10.1. The summed E-state index contributed by atoms with van der Waals surface area (Å²) in [5, 5.41) is 3.23. The topological polar surface area (TPSA) is 30.5 Å². The molecule has 0 unspecified atom stereocenters. The van der Waals surface area contributed by atoms with Crippen molar-refractivity contribution in [2.75, 3.05) is 19.5 Å². The summed E-state index contributed by atoms with van der Waals surface area (Å²) >= 11 is 3.33. The van der Waals surface area contributed by atoms with E-state index in [1.165, 1.54) is 12.1 Å². The summed E-state index contributed by atoms with van der Waals surface area (Å²) in [6.45, 7) is 0.546.